The lowest BCUT2D eigenvalue weighted by Gasteiger charge is -2.30. The molecule has 0 spiro atoms. The molecule has 2 aromatic rings. The van der Waals surface area contributed by atoms with Crippen molar-refractivity contribution in [1.82, 2.24) is 4.31 Å². The van der Waals surface area contributed by atoms with Gasteiger partial charge in [-0.1, -0.05) is 11.6 Å². The van der Waals surface area contributed by atoms with Gasteiger partial charge in [0.05, 0.1) is 40.1 Å². The van der Waals surface area contributed by atoms with Gasteiger partial charge in [0.2, 0.25) is 10.0 Å². The average Bonchev–Trinajstić information content (AvgIpc) is 2.79. The minimum absolute atomic E-state index is 0.00255. The van der Waals surface area contributed by atoms with Crippen molar-refractivity contribution in [1.29, 1.82) is 0 Å². The van der Waals surface area contributed by atoms with Crippen LogP contribution in [0.2, 0.25) is 5.02 Å². The lowest BCUT2D eigenvalue weighted by Crippen LogP contribution is -2.37. The van der Waals surface area contributed by atoms with E-state index in [4.69, 9.17) is 21.1 Å². The maximum absolute atomic E-state index is 13.4. The highest BCUT2D eigenvalue weighted by molar-refractivity contribution is 7.89. The summed E-state index contributed by atoms with van der Waals surface area (Å²) in [5, 5.41) is 5.59. The second-order valence-corrected chi connectivity index (χ2v) is 10.2. The molecule has 12 heteroatoms. The molecule has 2 heterocycles. The van der Waals surface area contributed by atoms with E-state index in [1.165, 1.54) is 38.4 Å². The first-order chi connectivity index (χ1) is 15.7. The van der Waals surface area contributed by atoms with Crippen molar-refractivity contribution < 1.29 is 27.5 Å². The molecule has 2 aromatic carbocycles. The Balaban J connectivity index is 1.71. The van der Waals surface area contributed by atoms with E-state index in [0.29, 0.717) is 43.4 Å². The largest absolute Gasteiger partial charge is 0.482 e. The predicted octanol–water partition coefficient (Wildman–Crippen LogP) is 2.01. The Bertz CT molecular complexity index is 1210. The lowest BCUT2D eigenvalue weighted by atomic mass is 10.1. The number of nitrogens with one attached hydrogen (secondary N) is 2. The third-order valence-electron chi connectivity index (χ3n) is 5.29. The van der Waals surface area contributed by atoms with Gasteiger partial charge < -0.3 is 25.0 Å². The van der Waals surface area contributed by atoms with Crippen molar-refractivity contribution in [2.24, 2.45) is 0 Å². The van der Waals surface area contributed by atoms with Crippen LogP contribution in [-0.4, -0.2) is 71.5 Å². The van der Waals surface area contributed by atoms with Crippen LogP contribution in [0.4, 0.5) is 17.1 Å². The van der Waals surface area contributed by atoms with Crippen molar-refractivity contribution in [3.05, 3.63) is 40.9 Å². The molecule has 0 saturated carbocycles. The quantitative estimate of drug-likeness (QED) is 0.652. The number of amides is 2. The maximum Gasteiger partial charge on any atom is 0.262 e. The summed E-state index contributed by atoms with van der Waals surface area (Å²) < 4.78 is 37.2. The van der Waals surface area contributed by atoms with E-state index in [1.54, 1.807) is 6.07 Å². The molecule has 0 atom stereocenters. The van der Waals surface area contributed by atoms with Crippen LogP contribution in [-0.2, 0) is 19.6 Å². The number of anilines is 3. The molecule has 33 heavy (non-hydrogen) atoms. The molecule has 0 radical (unpaired) electrons. The van der Waals surface area contributed by atoms with E-state index in [1.807, 2.05) is 4.90 Å². The summed E-state index contributed by atoms with van der Waals surface area (Å²) in [6.45, 7) is 1.98. The number of benzene rings is 2. The number of nitrogens with zero attached hydrogens (tertiary/aromatic N) is 2. The molecule has 0 aliphatic carbocycles. The highest BCUT2D eigenvalue weighted by Crippen LogP contribution is 2.37. The Morgan fingerprint density at radius 3 is 2.61 bits per heavy atom. The van der Waals surface area contributed by atoms with Crippen molar-refractivity contribution in [3.63, 3.8) is 0 Å². The molecule has 2 aliphatic rings. The summed E-state index contributed by atoms with van der Waals surface area (Å²) in [6, 6.07) is 7.48. The van der Waals surface area contributed by atoms with Gasteiger partial charge in [-0.2, -0.15) is 0 Å². The first-order valence-corrected chi connectivity index (χ1v) is 12.0. The van der Waals surface area contributed by atoms with Gasteiger partial charge in [-0.05, 0) is 24.3 Å². The molecule has 4 rings (SSSR count). The molecular weight excluding hydrogens is 472 g/mol. The van der Waals surface area contributed by atoms with Gasteiger partial charge in [0.25, 0.3) is 11.8 Å². The van der Waals surface area contributed by atoms with Gasteiger partial charge in [-0.15, -0.1) is 0 Å². The van der Waals surface area contributed by atoms with Crippen LogP contribution in [0, 0.1) is 0 Å². The third-order valence-corrected chi connectivity index (χ3v) is 7.42. The fourth-order valence-electron chi connectivity index (χ4n) is 3.53. The number of hydrogen-bond acceptors (Lipinski definition) is 7. The number of halogens is 1. The molecule has 176 valence electrons. The van der Waals surface area contributed by atoms with Crippen LogP contribution in [0.15, 0.2) is 35.2 Å². The van der Waals surface area contributed by atoms with E-state index < -0.39 is 15.9 Å². The number of ether oxygens (including phenoxy) is 2. The Hall–Kier alpha value is -2.86. The Morgan fingerprint density at radius 2 is 1.91 bits per heavy atom. The highest BCUT2D eigenvalue weighted by atomic mass is 35.5. The number of morpholine rings is 1. The molecule has 0 aromatic heterocycles. The van der Waals surface area contributed by atoms with Crippen LogP contribution >= 0.6 is 11.6 Å². The standard InChI is InChI=1S/C21H23ClN4O6S/c1-25(2)33(29,30)13-3-4-18(26-5-7-31-8-6-26)14(9-13)21(28)24-16-11-19-17(10-15(16)22)23-20(27)12-32-19/h3-4,9-11H,5-8,12H2,1-2H3,(H,23,27)(H,24,28). The molecule has 1 fully saturated rings. The number of hydrogen-bond donors (Lipinski definition) is 2. The van der Waals surface area contributed by atoms with Gasteiger partial charge >= 0.3 is 0 Å². The van der Waals surface area contributed by atoms with E-state index in [0.717, 1.165) is 4.31 Å². The van der Waals surface area contributed by atoms with Crippen molar-refractivity contribution >= 4 is 50.5 Å². The van der Waals surface area contributed by atoms with Crippen LogP contribution in [0.1, 0.15) is 10.4 Å². The van der Waals surface area contributed by atoms with Gasteiger partial charge in [0.15, 0.2) is 6.61 Å². The lowest BCUT2D eigenvalue weighted by molar-refractivity contribution is -0.118. The number of fused-ring (bicyclic) bond motifs is 1. The van der Waals surface area contributed by atoms with Gasteiger partial charge in [0.1, 0.15) is 5.75 Å². The summed E-state index contributed by atoms with van der Waals surface area (Å²) in [6.07, 6.45) is 0. The smallest absolute Gasteiger partial charge is 0.262 e. The maximum atomic E-state index is 13.4. The first kappa shape index (κ1) is 23.3. The van der Waals surface area contributed by atoms with E-state index >= 15 is 0 Å². The summed E-state index contributed by atoms with van der Waals surface area (Å²) in [7, 11) is -0.900. The van der Waals surface area contributed by atoms with E-state index in [-0.39, 0.29) is 33.7 Å². The minimum Gasteiger partial charge on any atom is -0.482 e. The molecule has 2 amide bonds. The first-order valence-electron chi connectivity index (χ1n) is 10.1. The minimum atomic E-state index is -3.75. The third kappa shape index (κ3) is 4.76. The zero-order valence-electron chi connectivity index (χ0n) is 18.1. The number of sulfonamides is 1. The van der Waals surface area contributed by atoms with E-state index in [2.05, 4.69) is 10.6 Å². The summed E-state index contributed by atoms with van der Waals surface area (Å²) in [4.78, 5) is 26.8. The monoisotopic (exact) mass is 494 g/mol. The summed E-state index contributed by atoms with van der Waals surface area (Å²) >= 11 is 6.32. The van der Waals surface area contributed by atoms with E-state index in [9.17, 15) is 18.0 Å². The Kier molecular flexibility index (Phi) is 6.48. The van der Waals surface area contributed by atoms with Crippen molar-refractivity contribution in [2.75, 3.05) is 62.5 Å². The number of rotatable bonds is 5. The fourth-order valence-corrected chi connectivity index (χ4v) is 4.67. The summed E-state index contributed by atoms with van der Waals surface area (Å²) in [5.74, 6) is -0.468. The normalized spacial score (nSPS) is 16.1. The molecule has 2 aliphatic heterocycles. The second-order valence-electron chi connectivity index (χ2n) is 7.68. The zero-order valence-corrected chi connectivity index (χ0v) is 19.6. The molecule has 0 bridgehead atoms. The molecular formula is C21H23ClN4O6S. The fraction of sp³-hybridized carbons (Fsp3) is 0.333. The second kappa shape index (κ2) is 9.18. The van der Waals surface area contributed by atoms with Crippen molar-refractivity contribution in [2.45, 2.75) is 4.90 Å². The molecule has 0 unspecified atom stereocenters. The SMILES string of the molecule is CN(C)S(=O)(=O)c1ccc(N2CCOCC2)c(C(=O)Nc2cc3c(cc2Cl)NC(=O)CO3)c1. The van der Waals surface area contributed by atoms with Crippen LogP contribution < -0.4 is 20.3 Å². The molecule has 2 N–H and O–H groups in total. The zero-order chi connectivity index (χ0) is 23.8. The van der Waals surface area contributed by atoms with Gasteiger partial charge in [0, 0.05) is 38.9 Å². The number of carbonyl (C=O) groups is 2. The molecule has 1 saturated heterocycles. The Morgan fingerprint density at radius 1 is 1.18 bits per heavy atom. The topological polar surface area (TPSA) is 117 Å². The summed E-state index contributed by atoms with van der Waals surface area (Å²) in [5.41, 5.74) is 1.45. The average molecular weight is 495 g/mol. The van der Waals surface area contributed by atoms with Crippen LogP contribution in [0.3, 0.4) is 0 Å². The predicted molar refractivity (Wildman–Crippen MR) is 124 cm³/mol. The van der Waals surface area contributed by atoms with Gasteiger partial charge in [-0.3, -0.25) is 9.59 Å². The Labute approximate surface area is 196 Å². The highest BCUT2D eigenvalue weighted by Gasteiger charge is 2.25. The van der Waals surface area contributed by atoms with Gasteiger partial charge in [-0.25, -0.2) is 12.7 Å². The van der Waals surface area contributed by atoms with Crippen LogP contribution in [0.5, 0.6) is 5.75 Å². The molecule has 10 nitrogen and oxygen atoms in total. The number of carbonyl (C=O) groups excluding carboxylic acids is 2. The van der Waals surface area contributed by atoms with Crippen LogP contribution in [0.25, 0.3) is 0 Å². The van der Waals surface area contributed by atoms with Crippen molar-refractivity contribution in [3.8, 4) is 5.75 Å².